The number of aromatic nitrogens is 2. The van der Waals surface area contributed by atoms with Gasteiger partial charge in [-0.15, -0.1) is 0 Å². The van der Waals surface area contributed by atoms with Gasteiger partial charge < -0.3 is 0 Å². The van der Waals surface area contributed by atoms with Crippen LogP contribution in [0.25, 0.3) is 5.69 Å². The summed E-state index contributed by atoms with van der Waals surface area (Å²) in [4.78, 5) is 0. The molecule has 1 heterocycles. The van der Waals surface area contributed by atoms with Crippen LogP contribution in [-0.4, -0.2) is 9.78 Å². The van der Waals surface area contributed by atoms with Crippen molar-refractivity contribution in [2.75, 3.05) is 0 Å². The SMILES string of the molecule is Fc1ccc(-n2nccc2C(F)(F)F)c(Cl)c1. The van der Waals surface area contributed by atoms with Crippen molar-refractivity contribution in [1.82, 2.24) is 9.78 Å². The standard InChI is InChI=1S/C10H5ClF4N2/c11-7-5-6(12)1-2-8(7)17-9(3-4-16-17)10(13,14)15/h1-5H. The third-order valence-corrected chi connectivity index (χ3v) is 2.37. The van der Waals surface area contributed by atoms with Crippen molar-refractivity contribution in [3.8, 4) is 5.69 Å². The maximum atomic E-state index is 12.8. The average molecular weight is 265 g/mol. The van der Waals surface area contributed by atoms with Crippen molar-refractivity contribution >= 4 is 11.6 Å². The van der Waals surface area contributed by atoms with Gasteiger partial charge in [-0.25, -0.2) is 9.07 Å². The quantitative estimate of drug-likeness (QED) is 0.719. The Hall–Kier alpha value is -1.56. The summed E-state index contributed by atoms with van der Waals surface area (Å²) < 4.78 is 51.2. The number of nitrogens with zero attached hydrogens (tertiary/aromatic N) is 2. The molecule has 1 aromatic carbocycles. The number of halogens is 5. The highest BCUT2D eigenvalue weighted by atomic mass is 35.5. The van der Waals surface area contributed by atoms with E-state index < -0.39 is 17.7 Å². The Morgan fingerprint density at radius 3 is 2.47 bits per heavy atom. The molecule has 0 saturated heterocycles. The highest BCUT2D eigenvalue weighted by Crippen LogP contribution is 2.32. The molecule has 0 aliphatic carbocycles. The zero-order chi connectivity index (χ0) is 12.6. The molecule has 0 saturated carbocycles. The molecule has 0 unspecified atom stereocenters. The maximum Gasteiger partial charge on any atom is 0.433 e. The first-order valence-electron chi connectivity index (χ1n) is 4.46. The van der Waals surface area contributed by atoms with Crippen molar-refractivity contribution in [2.24, 2.45) is 0 Å². The Labute approximate surface area is 98.4 Å². The van der Waals surface area contributed by atoms with Crippen LogP contribution in [0.4, 0.5) is 17.6 Å². The molecule has 0 radical (unpaired) electrons. The van der Waals surface area contributed by atoms with Crippen LogP contribution in [0.3, 0.4) is 0 Å². The largest absolute Gasteiger partial charge is 0.433 e. The summed E-state index contributed by atoms with van der Waals surface area (Å²) in [5, 5.41) is 3.39. The first kappa shape index (κ1) is 11.9. The summed E-state index contributed by atoms with van der Waals surface area (Å²) in [6.07, 6.45) is -3.54. The van der Waals surface area contributed by atoms with Gasteiger partial charge in [0.15, 0.2) is 0 Å². The summed E-state index contributed by atoms with van der Waals surface area (Å²) in [5.74, 6) is -0.625. The molecule has 0 spiro atoms. The number of alkyl halides is 3. The van der Waals surface area contributed by atoms with Crippen molar-refractivity contribution in [3.63, 3.8) is 0 Å². The molecule has 0 atom stereocenters. The number of benzene rings is 1. The monoisotopic (exact) mass is 264 g/mol. The molecule has 17 heavy (non-hydrogen) atoms. The minimum absolute atomic E-state index is 0.0228. The smallest absolute Gasteiger partial charge is 0.227 e. The van der Waals surface area contributed by atoms with Crippen molar-refractivity contribution in [1.29, 1.82) is 0 Å². The normalized spacial score (nSPS) is 11.8. The Bertz CT molecular complexity index is 547. The molecule has 7 heteroatoms. The summed E-state index contributed by atoms with van der Waals surface area (Å²) in [6.45, 7) is 0. The van der Waals surface area contributed by atoms with Crippen LogP contribution in [0.2, 0.25) is 5.02 Å². The lowest BCUT2D eigenvalue weighted by molar-refractivity contribution is -0.142. The molecule has 0 N–H and O–H groups in total. The molecule has 2 nitrogen and oxygen atoms in total. The van der Waals surface area contributed by atoms with Crippen LogP contribution in [0.5, 0.6) is 0 Å². The van der Waals surface area contributed by atoms with Gasteiger partial charge >= 0.3 is 6.18 Å². The second kappa shape index (κ2) is 4.03. The van der Waals surface area contributed by atoms with Gasteiger partial charge in [-0.3, -0.25) is 0 Å². The Morgan fingerprint density at radius 2 is 1.88 bits per heavy atom. The topological polar surface area (TPSA) is 17.8 Å². The van der Waals surface area contributed by atoms with E-state index >= 15 is 0 Å². The van der Waals surface area contributed by atoms with Crippen molar-refractivity contribution in [2.45, 2.75) is 6.18 Å². The molecule has 90 valence electrons. The minimum Gasteiger partial charge on any atom is -0.227 e. The van der Waals surface area contributed by atoms with E-state index in [0.717, 1.165) is 30.5 Å². The van der Waals surface area contributed by atoms with Gasteiger partial charge in [0, 0.05) is 0 Å². The molecule has 0 fully saturated rings. The molecule has 0 aliphatic rings. The Balaban J connectivity index is 2.58. The summed E-state index contributed by atoms with van der Waals surface area (Å²) in [6, 6.07) is 3.90. The van der Waals surface area contributed by atoms with Gasteiger partial charge in [0.2, 0.25) is 0 Å². The van der Waals surface area contributed by atoms with E-state index in [9.17, 15) is 17.6 Å². The molecule has 0 aliphatic heterocycles. The van der Waals surface area contributed by atoms with Crippen LogP contribution < -0.4 is 0 Å². The highest BCUT2D eigenvalue weighted by Gasteiger charge is 2.35. The first-order chi connectivity index (χ1) is 7.89. The molecule has 0 bridgehead atoms. The van der Waals surface area contributed by atoms with Crippen LogP contribution in [0.1, 0.15) is 5.69 Å². The van der Waals surface area contributed by atoms with Gasteiger partial charge in [-0.2, -0.15) is 18.3 Å². The van der Waals surface area contributed by atoms with Crippen molar-refractivity contribution < 1.29 is 17.6 Å². The molecule has 1 aromatic heterocycles. The van der Waals surface area contributed by atoms with Gasteiger partial charge in [0.25, 0.3) is 0 Å². The summed E-state index contributed by atoms with van der Waals surface area (Å²) in [7, 11) is 0. The molecule has 2 rings (SSSR count). The summed E-state index contributed by atoms with van der Waals surface area (Å²) in [5.41, 5.74) is -0.989. The zero-order valence-corrected chi connectivity index (χ0v) is 8.93. The van der Waals surface area contributed by atoms with E-state index in [4.69, 9.17) is 11.6 Å². The second-order valence-electron chi connectivity index (χ2n) is 3.22. The third kappa shape index (κ3) is 2.26. The lowest BCUT2D eigenvalue weighted by Gasteiger charge is -2.11. The lowest BCUT2D eigenvalue weighted by atomic mass is 10.3. The van der Waals surface area contributed by atoms with Crippen molar-refractivity contribution in [3.05, 3.63) is 47.0 Å². The van der Waals surface area contributed by atoms with E-state index in [-0.39, 0.29) is 10.7 Å². The predicted octanol–water partition coefficient (Wildman–Crippen LogP) is 3.68. The maximum absolute atomic E-state index is 12.8. The van der Waals surface area contributed by atoms with Crippen LogP contribution in [-0.2, 0) is 6.18 Å². The fraction of sp³-hybridized carbons (Fsp3) is 0.100. The molecule has 2 aromatic rings. The number of rotatable bonds is 1. The van der Waals surface area contributed by atoms with Gasteiger partial charge in [0.05, 0.1) is 16.9 Å². The van der Waals surface area contributed by atoms with E-state index in [1.165, 1.54) is 0 Å². The molecular weight excluding hydrogens is 260 g/mol. The molecular formula is C10H5ClF4N2. The second-order valence-corrected chi connectivity index (χ2v) is 3.63. The zero-order valence-electron chi connectivity index (χ0n) is 8.17. The fourth-order valence-corrected chi connectivity index (χ4v) is 1.61. The minimum atomic E-state index is -4.55. The van der Waals surface area contributed by atoms with Gasteiger partial charge in [-0.1, -0.05) is 11.6 Å². The predicted molar refractivity (Wildman–Crippen MR) is 53.5 cm³/mol. The Kier molecular flexibility index (Phi) is 2.82. The van der Waals surface area contributed by atoms with Gasteiger partial charge in [-0.05, 0) is 24.3 Å². The molecule has 0 amide bonds. The van der Waals surface area contributed by atoms with E-state index in [0.29, 0.717) is 4.68 Å². The first-order valence-corrected chi connectivity index (χ1v) is 4.84. The fourth-order valence-electron chi connectivity index (χ4n) is 1.36. The van der Waals surface area contributed by atoms with Gasteiger partial charge in [0.1, 0.15) is 11.5 Å². The van der Waals surface area contributed by atoms with Crippen LogP contribution in [0.15, 0.2) is 30.5 Å². The lowest BCUT2D eigenvalue weighted by Crippen LogP contribution is -2.13. The van der Waals surface area contributed by atoms with Crippen LogP contribution in [0, 0.1) is 5.82 Å². The number of hydrogen-bond donors (Lipinski definition) is 0. The number of hydrogen-bond acceptors (Lipinski definition) is 1. The average Bonchev–Trinajstić information content (AvgIpc) is 2.65. The highest BCUT2D eigenvalue weighted by molar-refractivity contribution is 6.32. The van der Waals surface area contributed by atoms with Crippen LogP contribution >= 0.6 is 11.6 Å². The third-order valence-electron chi connectivity index (χ3n) is 2.07. The van der Waals surface area contributed by atoms with E-state index in [1.807, 2.05) is 0 Å². The Morgan fingerprint density at radius 1 is 1.18 bits per heavy atom. The van der Waals surface area contributed by atoms with E-state index in [1.54, 1.807) is 0 Å². The summed E-state index contributed by atoms with van der Waals surface area (Å²) >= 11 is 5.67. The van der Waals surface area contributed by atoms with E-state index in [2.05, 4.69) is 5.10 Å².